The Morgan fingerprint density at radius 2 is 0.818 bits per heavy atom. The molecule has 3 heteroatoms. The highest BCUT2D eigenvalue weighted by Crippen LogP contribution is 2.44. The Morgan fingerprint density at radius 3 is 1.24 bits per heavy atom. The van der Waals surface area contributed by atoms with Crippen molar-refractivity contribution in [1.29, 1.82) is 0 Å². The molecule has 160 valence electrons. The molecule has 0 aliphatic rings. The summed E-state index contributed by atoms with van der Waals surface area (Å²) in [6.45, 7) is 0. The largest absolute Gasteiger partial charge is 0.205 e. The van der Waals surface area contributed by atoms with E-state index < -0.39 is 16.7 Å². The monoisotopic (exact) mass is 452 g/mol. The van der Waals surface area contributed by atoms with E-state index in [-0.39, 0.29) is 0 Å². The second-order valence-electron chi connectivity index (χ2n) is 7.80. The fourth-order valence-electron chi connectivity index (χ4n) is 4.14. The molecule has 5 aromatic rings. The van der Waals surface area contributed by atoms with Crippen LogP contribution in [-0.2, 0) is 0 Å². The Bertz CT molecular complexity index is 1330. The molecule has 0 heterocycles. The molecular weight excluding hydrogens is 434 g/mol. The standard InChI is InChI=1S/C30H19ClF2/c31-30-27(32)18-24(19-28(30)33)29-25(21-12-6-2-7-13-21)16-23(20-10-4-1-5-11-20)17-26(29)22-14-8-3-9-15-22/h1-19H. The van der Waals surface area contributed by atoms with Gasteiger partial charge in [-0.3, -0.25) is 0 Å². The SMILES string of the molecule is Fc1cc(-c2c(-c3ccccc3)cc(-c3ccccc3)cc2-c2ccccc2)cc(F)c1Cl. The van der Waals surface area contributed by atoms with Crippen LogP contribution in [0.15, 0.2) is 115 Å². The molecule has 0 N–H and O–H groups in total. The van der Waals surface area contributed by atoms with Crippen LogP contribution in [0, 0.1) is 11.6 Å². The van der Waals surface area contributed by atoms with Gasteiger partial charge in [0.15, 0.2) is 0 Å². The predicted octanol–water partition coefficient (Wildman–Crippen LogP) is 9.29. The Hall–Kier alpha value is -3.75. The van der Waals surface area contributed by atoms with Gasteiger partial charge in [0.05, 0.1) is 0 Å². The van der Waals surface area contributed by atoms with Crippen molar-refractivity contribution in [1.82, 2.24) is 0 Å². The van der Waals surface area contributed by atoms with E-state index in [9.17, 15) is 8.78 Å². The average Bonchev–Trinajstić information content (AvgIpc) is 2.88. The van der Waals surface area contributed by atoms with E-state index in [4.69, 9.17) is 11.6 Å². The van der Waals surface area contributed by atoms with E-state index in [1.807, 2.05) is 78.9 Å². The van der Waals surface area contributed by atoms with Gasteiger partial charge in [0.25, 0.3) is 0 Å². The van der Waals surface area contributed by atoms with E-state index >= 15 is 0 Å². The van der Waals surface area contributed by atoms with Crippen LogP contribution in [-0.4, -0.2) is 0 Å². The second kappa shape index (κ2) is 9.01. The van der Waals surface area contributed by atoms with Crippen LogP contribution in [0.5, 0.6) is 0 Å². The van der Waals surface area contributed by atoms with Gasteiger partial charge in [-0.1, -0.05) is 103 Å². The molecule has 5 rings (SSSR count). The molecule has 0 bridgehead atoms. The first-order valence-corrected chi connectivity index (χ1v) is 11.0. The number of halogens is 3. The van der Waals surface area contributed by atoms with Crippen molar-refractivity contribution in [3.05, 3.63) is 132 Å². The van der Waals surface area contributed by atoms with Crippen LogP contribution in [0.25, 0.3) is 44.5 Å². The van der Waals surface area contributed by atoms with E-state index in [2.05, 4.69) is 24.3 Å². The molecule has 0 aromatic heterocycles. The van der Waals surface area contributed by atoms with Crippen LogP contribution in [0.4, 0.5) is 8.78 Å². The molecule has 0 nitrogen and oxygen atoms in total. The lowest BCUT2D eigenvalue weighted by Crippen LogP contribution is -1.95. The minimum absolute atomic E-state index is 0.437. The number of benzene rings is 5. The predicted molar refractivity (Wildman–Crippen MR) is 133 cm³/mol. The van der Waals surface area contributed by atoms with E-state index in [1.165, 1.54) is 12.1 Å². The molecule has 0 atom stereocenters. The summed E-state index contributed by atoms with van der Waals surface area (Å²) in [5.41, 5.74) is 6.96. The first-order chi connectivity index (χ1) is 16.1. The van der Waals surface area contributed by atoms with Crippen molar-refractivity contribution in [3.63, 3.8) is 0 Å². The Labute approximate surface area is 196 Å². The molecule has 0 saturated carbocycles. The van der Waals surface area contributed by atoms with Gasteiger partial charge in [0, 0.05) is 0 Å². The Morgan fingerprint density at radius 1 is 0.424 bits per heavy atom. The lowest BCUT2D eigenvalue weighted by Gasteiger charge is -2.19. The Kier molecular flexibility index (Phi) is 5.77. The van der Waals surface area contributed by atoms with Gasteiger partial charge in [-0.2, -0.15) is 0 Å². The first-order valence-electron chi connectivity index (χ1n) is 10.6. The maximum atomic E-state index is 14.6. The summed E-state index contributed by atoms with van der Waals surface area (Å²) in [6.07, 6.45) is 0. The molecule has 0 aliphatic carbocycles. The highest BCUT2D eigenvalue weighted by molar-refractivity contribution is 6.31. The molecule has 0 fully saturated rings. The molecule has 0 radical (unpaired) electrons. The fourth-order valence-corrected chi connectivity index (χ4v) is 4.25. The summed E-state index contributed by atoms with van der Waals surface area (Å²) in [4.78, 5) is 0. The summed E-state index contributed by atoms with van der Waals surface area (Å²) < 4.78 is 29.1. The zero-order valence-corrected chi connectivity index (χ0v) is 18.4. The van der Waals surface area contributed by atoms with Gasteiger partial charge in [0.2, 0.25) is 0 Å². The summed E-state index contributed by atoms with van der Waals surface area (Å²) in [7, 11) is 0. The van der Waals surface area contributed by atoms with Gasteiger partial charge in [0.1, 0.15) is 16.7 Å². The van der Waals surface area contributed by atoms with E-state index in [0.717, 1.165) is 38.9 Å². The summed E-state index contributed by atoms with van der Waals surface area (Å²) in [5, 5.41) is -0.498. The fraction of sp³-hybridized carbons (Fsp3) is 0. The van der Waals surface area contributed by atoms with E-state index in [1.54, 1.807) is 0 Å². The average molecular weight is 453 g/mol. The van der Waals surface area contributed by atoms with Crippen LogP contribution in [0.1, 0.15) is 0 Å². The van der Waals surface area contributed by atoms with Crippen molar-refractivity contribution in [2.45, 2.75) is 0 Å². The summed E-state index contributed by atoms with van der Waals surface area (Å²) >= 11 is 5.81. The lowest BCUT2D eigenvalue weighted by atomic mass is 9.84. The quantitative estimate of drug-likeness (QED) is 0.238. The van der Waals surface area contributed by atoms with Gasteiger partial charge in [-0.25, -0.2) is 8.78 Å². The second-order valence-corrected chi connectivity index (χ2v) is 8.18. The number of hydrogen-bond donors (Lipinski definition) is 0. The molecular formula is C30H19ClF2. The molecule has 0 spiro atoms. The minimum Gasteiger partial charge on any atom is -0.205 e. The third kappa shape index (κ3) is 4.18. The smallest absolute Gasteiger partial charge is 0.145 e. The lowest BCUT2D eigenvalue weighted by molar-refractivity contribution is 0.585. The van der Waals surface area contributed by atoms with Crippen LogP contribution < -0.4 is 0 Å². The van der Waals surface area contributed by atoms with Crippen molar-refractivity contribution < 1.29 is 8.78 Å². The Balaban J connectivity index is 1.90. The zero-order chi connectivity index (χ0) is 22.8. The summed E-state index contributed by atoms with van der Waals surface area (Å²) in [5.74, 6) is -1.56. The van der Waals surface area contributed by atoms with Crippen LogP contribution >= 0.6 is 11.6 Å². The topological polar surface area (TPSA) is 0 Å². The maximum Gasteiger partial charge on any atom is 0.145 e. The highest BCUT2D eigenvalue weighted by Gasteiger charge is 2.19. The first kappa shape index (κ1) is 21.1. The van der Waals surface area contributed by atoms with Gasteiger partial charge in [-0.15, -0.1) is 0 Å². The third-order valence-electron chi connectivity index (χ3n) is 5.69. The maximum absolute atomic E-state index is 14.6. The highest BCUT2D eigenvalue weighted by atomic mass is 35.5. The molecule has 5 aromatic carbocycles. The van der Waals surface area contributed by atoms with Gasteiger partial charge in [-0.05, 0) is 68.8 Å². The summed E-state index contributed by atoms with van der Waals surface area (Å²) in [6, 6.07) is 36.6. The van der Waals surface area contributed by atoms with E-state index in [0.29, 0.717) is 5.56 Å². The molecule has 0 amide bonds. The minimum atomic E-state index is -0.781. The molecule has 0 unspecified atom stereocenters. The molecule has 33 heavy (non-hydrogen) atoms. The van der Waals surface area contributed by atoms with Crippen molar-refractivity contribution in [3.8, 4) is 44.5 Å². The van der Waals surface area contributed by atoms with Crippen molar-refractivity contribution >= 4 is 11.6 Å². The van der Waals surface area contributed by atoms with Gasteiger partial charge >= 0.3 is 0 Å². The normalized spacial score (nSPS) is 10.9. The van der Waals surface area contributed by atoms with Crippen molar-refractivity contribution in [2.24, 2.45) is 0 Å². The molecule has 0 aliphatic heterocycles. The van der Waals surface area contributed by atoms with Crippen LogP contribution in [0.2, 0.25) is 5.02 Å². The number of hydrogen-bond acceptors (Lipinski definition) is 0. The van der Waals surface area contributed by atoms with Gasteiger partial charge < -0.3 is 0 Å². The van der Waals surface area contributed by atoms with Crippen molar-refractivity contribution in [2.75, 3.05) is 0 Å². The number of rotatable bonds is 4. The molecule has 0 saturated heterocycles. The third-order valence-corrected chi connectivity index (χ3v) is 6.05. The zero-order valence-electron chi connectivity index (χ0n) is 17.6. The van der Waals surface area contributed by atoms with Crippen LogP contribution in [0.3, 0.4) is 0 Å².